The molecule has 1 N–H and O–H groups in total. The molecule has 22 heavy (non-hydrogen) atoms. The van der Waals surface area contributed by atoms with E-state index in [0.29, 0.717) is 11.3 Å². The lowest BCUT2D eigenvalue weighted by Crippen LogP contribution is -2.16. The number of hydrogen-bond donors (Lipinski definition) is 1. The van der Waals surface area contributed by atoms with Crippen LogP contribution in [0, 0.1) is 24.4 Å². The number of aryl methyl sites for hydroxylation is 1. The molecule has 0 saturated carbocycles. The normalized spacial score (nSPS) is 10.9. The zero-order valence-corrected chi connectivity index (χ0v) is 11.4. The van der Waals surface area contributed by atoms with E-state index in [1.54, 1.807) is 6.92 Å². The van der Waals surface area contributed by atoms with Crippen LogP contribution < -0.4 is 5.32 Å². The number of pyridine rings is 1. The molecule has 3 aromatic rings. The predicted molar refractivity (Wildman–Crippen MR) is 74.2 cm³/mol. The summed E-state index contributed by atoms with van der Waals surface area (Å²) in [6.45, 7) is 1.57. The zero-order valence-electron chi connectivity index (χ0n) is 11.4. The molecule has 0 atom stereocenters. The fraction of sp³-hybridized carbons (Fsp3) is 0.0667. The van der Waals surface area contributed by atoms with Gasteiger partial charge in [-0.1, -0.05) is 0 Å². The second-order valence-electron chi connectivity index (χ2n) is 4.70. The number of nitrogens with one attached hydrogen (secondary N) is 1. The Morgan fingerprint density at radius 2 is 1.86 bits per heavy atom. The van der Waals surface area contributed by atoms with Crippen LogP contribution in [0.3, 0.4) is 0 Å². The zero-order chi connectivity index (χ0) is 15.9. The van der Waals surface area contributed by atoms with Gasteiger partial charge >= 0.3 is 0 Å². The topological polar surface area (TPSA) is 46.4 Å². The molecule has 0 aliphatic heterocycles. The third kappa shape index (κ3) is 2.41. The molecule has 2 heterocycles. The molecule has 0 unspecified atom stereocenters. The number of fused-ring (bicyclic) bond motifs is 1. The minimum Gasteiger partial charge on any atom is -0.318 e. The van der Waals surface area contributed by atoms with Crippen LogP contribution in [0.4, 0.5) is 18.9 Å². The van der Waals surface area contributed by atoms with E-state index in [2.05, 4.69) is 10.3 Å². The van der Waals surface area contributed by atoms with E-state index >= 15 is 0 Å². The number of imidazole rings is 1. The summed E-state index contributed by atoms with van der Waals surface area (Å²) in [6.07, 6.45) is 1.10. The van der Waals surface area contributed by atoms with Crippen LogP contribution in [0.5, 0.6) is 0 Å². The number of carbonyl (C=O) groups excluding carboxylic acids is 1. The molecule has 0 fully saturated rings. The first kappa shape index (κ1) is 14.1. The second-order valence-corrected chi connectivity index (χ2v) is 4.70. The second kappa shape index (κ2) is 5.18. The van der Waals surface area contributed by atoms with Crippen LogP contribution >= 0.6 is 0 Å². The third-order valence-corrected chi connectivity index (χ3v) is 3.15. The molecule has 7 heteroatoms. The molecule has 3 rings (SSSR count). The van der Waals surface area contributed by atoms with E-state index in [0.717, 1.165) is 24.4 Å². The fourth-order valence-corrected chi connectivity index (χ4v) is 2.18. The summed E-state index contributed by atoms with van der Waals surface area (Å²) in [6, 6.07) is 5.36. The summed E-state index contributed by atoms with van der Waals surface area (Å²) in [5, 5.41) is 2.27. The maximum absolute atomic E-state index is 13.6. The van der Waals surface area contributed by atoms with Gasteiger partial charge in [0.1, 0.15) is 28.8 Å². The number of hydrogen-bond acceptors (Lipinski definition) is 2. The van der Waals surface area contributed by atoms with E-state index in [1.807, 2.05) is 0 Å². The highest BCUT2D eigenvalue weighted by atomic mass is 19.1. The van der Waals surface area contributed by atoms with Crippen LogP contribution in [-0.4, -0.2) is 15.3 Å². The van der Waals surface area contributed by atoms with Crippen molar-refractivity contribution >= 4 is 17.2 Å². The van der Waals surface area contributed by atoms with Crippen LogP contribution in [0.2, 0.25) is 0 Å². The quantitative estimate of drug-likeness (QED) is 0.789. The van der Waals surface area contributed by atoms with Gasteiger partial charge in [-0.05, 0) is 31.2 Å². The molecule has 4 nitrogen and oxygen atoms in total. The van der Waals surface area contributed by atoms with Crippen LogP contribution in [0.25, 0.3) is 5.65 Å². The first-order valence-electron chi connectivity index (χ1n) is 6.36. The Kier molecular flexibility index (Phi) is 3.32. The summed E-state index contributed by atoms with van der Waals surface area (Å²) in [5.41, 5.74) is 0.484. The number of nitrogens with zero attached hydrogens (tertiary/aromatic N) is 2. The number of halogens is 3. The van der Waals surface area contributed by atoms with E-state index in [4.69, 9.17) is 0 Å². The summed E-state index contributed by atoms with van der Waals surface area (Å²) in [7, 11) is 0. The van der Waals surface area contributed by atoms with Crippen molar-refractivity contribution in [1.82, 2.24) is 9.38 Å². The van der Waals surface area contributed by atoms with Gasteiger partial charge in [-0.3, -0.25) is 9.20 Å². The highest BCUT2D eigenvalue weighted by Gasteiger charge is 2.18. The monoisotopic (exact) mass is 305 g/mol. The van der Waals surface area contributed by atoms with Crippen molar-refractivity contribution in [2.45, 2.75) is 6.92 Å². The molecule has 0 aliphatic rings. The summed E-state index contributed by atoms with van der Waals surface area (Å²) < 4.78 is 41.3. The van der Waals surface area contributed by atoms with Gasteiger partial charge in [0.05, 0.1) is 11.4 Å². The predicted octanol–water partition coefficient (Wildman–Crippen LogP) is 3.31. The van der Waals surface area contributed by atoms with E-state index in [-0.39, 0.29) is 11.4 Å². The Balaban J connectivity index is 2.04. The average Bonchev–Trinajstić information content (AvgIpc) is 2.78. The smallest absolute Gasteiger partial charge is 0.274 e. The van der Waals surface area contributed by atoms with Gasteiger partial charge in [-0.2, -0.15) is 0 Å². The molecule has 0 saturated heterocycles. The molecule has 112 valence electrons. The molecule has 0 aliphatic carbocycles. The highest BCUT2D eigenvalue weighted by molar-refractivity contribution is 6.04. The summed E-state index contributed by atoms with van der Waals surface area (Å²) >= 11 is 0. The Hall–Kier alpha value is -2.83. The SMILES string of the molecule is Cc1nc2ccc(F)cn2c1C(=O)Nc1cc(F)ccc1F. The summed E-state index contributed by atoms with van der Waals surface area (Å²) in [5.74, 6) is -2.71. The third-order valence-electron chi connectivity index (χ3n) is 3.15. The molecule has 1 amide bonds. The Labute approximate surface area is 123 Å². The van der Waals surface area contributed by atoms with Gasteiger partial charge in [0.15, 0.2) is 0 Å². The minimum atomic E-state index is -0.771. The largest absolute Gasteiger partial charge is 0.318 e. The van der Waals surface area contributed by atoms with E-state index in [1.165, 1.54) is 16.5 Å². The Morgan fingerprint density at radius 1 is 1.14 bits per heavy atom. The fourth-order valence-electron chi connectivity index (χ4n) is 2.18. The molecule has 0 bridgehead atoms. The number of amides is 1. The molecule has 2 aromatic heterocycles. The molecule has 0 spiro atoms. The Morgan fingerprint density at radius 3 is 2.64 bits per heavy atom. The Bertz CT molecular complexity index is 889. The van der Waals surface area contributed by atoms with E-state index in [9.17, 15) is 18.0 Å². The number of benzene rings is 1. The van der Waals surface area contributed by atoms with E-state index < -0.39 is 23.4 Å². The van der Waals surface area contributed by atoms with Crippen molar-refractivity contribution in [2.75, 3.05) is 5.32 Å². The van der Waals surface area contributed by atoms with Gasteiger partial charge in [-0.15, -0.1) is 0 Å². The standard InChI is InChI=1S/C15H10F3N3O/c1-8-14(21-7-10(17)3-5-13(21)19-8)15(22)20-12-6-9(16)2-4-11(12)18/h2-7H,1H3,(H,20,22). The van der Waals surface area contributed by atoms with Gasteiger partial charge in [-0.25, -0.2) is 18.2 Å². The molecular weight excluding hydrogens is 295 g/mol. The highest BCUT2D eigenvalue weighted by Crippen LogP contribution is 2.19. The molecular formula is C15H10F3N3O. The number of carbonyl (C=O) groups is 1. The van der Waals surface area contributed by atoms with Gasteiger partial charge in [0.2, 0.25) is 0 Å². The van der Waals surface area contributed by atoms with Crippen LogP contribution in [-0.2, 0) is 0 Å². The van der Waals surface area contributed by atoms with Crippen molar-refractivity contribution in [1.29, 1.82) is 0 Å². The number of anilines is 1. The minimum absolute atomic E-state index is 0.0539. The maximum Gasteiger partial charge on any atom is 0.274 e. The first-order chi connectivity index (χ1) is 10.5. The lowest BCUT2D eigenvalue weighted by molar-refractivity contribution is 0.102. The number of aromatic nitrogens is 2. The summed E-state index contributed by atoms with van der Waals surface area (Å²) in [4.78, 5) is 16.4. The molecule has 0 radical (unpaired) electrons. The van der Waals surface area contributed by atoms with Gasteiger partial charge in [0.25, 0.3) is 5.91 Å². The maximum atomic E-state index is 13.6. The average molecular weight is 305 g/mol. The van der Waals surface area contributed by atoms with Crippen LogP contribution in [0.15, 0.2) is 36.5 Å². The molecule has 1 aromatic carbocycles. The van der Waals surface area contributed by atoms with Crippen molar-refractivity contribution in [3.8, 4) is 0 Å². The lowest BCUT2D eigenvalue weighted by atomic mass is 10.2. The lowest BCUT2D eigenvalue weighted by Gasteiger charge is -2.07. The number of rotatable bonds is 2. The first-order valence-corrected chi connectivity index (χ1v) is 6.36. The van der Waals surface area contributed by atoms with Crippen molar-refractivity contribution in [3.63, 3.8) is 0 Å². The van der Waals surface area contributed by atoms with Crippen LogP contribution in [0.1, 0.15) is 16.2 Å². The van der Waals surface area contributed by atoms with Gasteiger partial charge < -0.3 is 5.32 Å². The van der Waals surface area contributed by atoms with Crippen molar-refractivity contribution in [2.24, 2.45) is 0 Å². The van der Waals surface area contributed by atoms with Crippen molar-refractivity contribution in [3.05, 3.63) is 65.4 Å². The van der Waals surface area contributed by atoms with Crippen molar-refractivity contribution < 1.29 is 18.0 Å². The van der Waals surface area contributed by atoms with Gasteiger partial charge in [0, 0.05) is 12.3 Å².